The molecular weight excluding hydrogens is 434 g/mol. The number of carbonyl (C=O) groups excluding carboxylic acids is 2. The van der Waals surface area contributed by atoms with Gasteiger partial charge in [-0.25, -0.2) is 0 Å². The summed E-state index contributed by atoms with van der Waals surface area (Å²) in [6, 6.07) is 14.1. The van der Waals surface area contributed by atoms with Gasteiger partial charge in [-0.05, 0) is 79.6 Å². The average molecular weight is 462 g/mol. The number of nitrogens with zero attached hydrogens (tertiary/aromatic N) is 1. The van der Waals surface area contributed by atoms with E-state index in [1.807, 2.05) is 63.4 Å². The minimum atomic E-state index is -0.692. The molecule has 5 nitrogen and oxygen atoms in total. The Bertz CT molecular complexity index is 1260. The zero-order valence-corrected chi connectivity index (χ0v) is 20.0. The molecule has 170 valence electrons. The summed E-state index contributed by atoms with van der Waals surface area (Å²) in [6.45, 7) is 8.40. The molecule has 1 fully saturated rings. The van der Waals surface area contributed by atoms with Gasteiger partial charge in [-0.2, -0.15) is 0 Å². The first-order valence-electron chi connectivity index (χ1n) is 11.0. The number of ketones is 1. The maximum atomic E-state index is 13.3. The van der Waals surface area contributed by atoms with Crippen molar-refractivity contribution in [2.45, 2.75) is 40.2 Å². The number of hydrogen-bond donors (Lipinski definition) is 1. The molecule has 1 aromatic heterocycles. The molecule has 6 heteroatoms. The fourth-order valence-electron chi connectivity index (χ4n) is 4.15. The van der Waals surface area contributed by atoms with Crippen molar-refractivity contribution in [3.05, 3.63) is 86.6 Å². The van der Waals surface area contributed by atoms with Gasteiger partial charge in [0.2, 0.25) is 0 Å². The number of benzene rings is 2. The van der Waals surface area contributed by atoms with Crippen LogP contribution in [0.1, 0.15) is 46.5 Å². The molecule has 0 radical (unpaired) electrons. The first-order valence-corrected chi connectivity index (χ1v) is 11.9. The van der Waals surface area contributed by atoms with Crippen molar-refractivity contribution in [1.82, 2.24) is 0 Å². The number of thiophene rings is 1. The summed E-state index contributed by atoms with van der Waals surface area (Å²) in [5.41, 5.74) is 3.96. The Balaban J connectivity index is 1.89. The third kappa shape index (κ3) is 4.07. The molecule has 33 heavy (non-hydrogen) atoms. The molecule has 0 aliphatic carbocycles. The summed E-state index contributed by atoms with van der Waals surface area (Å²) in [7, 11) is 0. The van der Waals surface area contributed by atoms with E-state index in [2.05, 4.69) is 0 Å². The highest BCUT2D eigenvalue weighted by molar-refractivity contribution is 7.10. The minimum absolute atomic E-state index is 0.107. The van der Waals surface area contributed by atoms with Crippen LogP contribution in [0.4, 0.5) is 5.69 Å². The average Bonchev–Trinajstić information content (AvgIpc) is 3.33. The van der Waals surface area contributed by atoms with Crippen LogP contribution in [0.5, 0.6) is 5.75 Å². The van der Waals surface area contributed by atoms with E-state index in [-0.39, 0.29) is 11.3 Å². The summed E-state index contributed by atoms with van der Waals surface area (Å²) in [6.07, 6.45) is 0.893. The van der Waals surface area contributed by atoms with Crippen LogP contribution in [0.15, 0.2) is 59.5 Å². The SMILES string of the molecule is CCCOc1ccc(/C(O)=C2/C(=O)C(=O)N(c3ccccc3C)C2c2sccc2C)cc1C. The molecule has 4 rings (SSSR count). The van der Waals surface area contributed by atoms with Gasteiger partial charge in [-0.15, -0.1) is 11.3 Å². The van der Waals surface area contributed by atoms with Gasteiger partial charge in [-0.3, -0.25) is 14.5 Å². The lowest BCUT2D eigenvalue weighted by Crippen LogP contribution is -2.30. The van der Waals surface area contributed by atoms with Gasteiger partial charge < -0.3 is 9.84 Å². The van der Waals surface area contributed by atoms with E-state index < -0.39 is 17.7 Å². The summed E-state index contributed by atoms with van der Waals surface area (Å²) in [5, 5.41) is 13.3. The third-order valence-corrected chi connectivity index (χ3v) is 6.95. The molecule has 0 spiro atoms. The lowest BCUT2D eigenvalue weighted by atomic mass is 9.97. The van der Waals surface area contributed by atoms with E-state index in [0.29, 0.717) is 17.9 Å². The van der Waals surface area contributed by atoms with E-state index >= 15 is 0 Å². The number of aliphatic hydroxyl groups is 1. The summed E-state index contributed by atoms with van der Waals surface area (Å²) in [4.78, 5) is 29.0. The number of anilines is 1. The van der Waals surface area contributed by atoms with Crippen molar-refractivity contribution < 1.29 is 19.4 Å². The zero-order valence-electron chi connectivity index (χ0n) is 19.2. The predicted molar refractivity (Wildman–Crippen MR) is 132 cm³/mol. The lowest BCUT2D eigenvalue weighted by molar-refractivity contribution is -0.132. The van der Waals surface area contributed by atoms with Crippen LogP contribution in [-0.4, -0.2) is 23.4 Å². The monoisotopic (exact) mass is 461 g/mol. The maximum absolute atomic E-state index is 13.3. The molecule has 1 atom stereocenters. The fourth-order valence-corrected chi connectivity index (χ4v) is 5.18. The number of hydrogen-bond acceptors (Lipinski definition) is 5. The normalized spacial score (nSPS) is 17.6. The van der Waals surface area contributed by atoms with Crippen LogP contribution in [0, 0.1) is 20.8 Å². The highest BCUT2D eigenvalue weighted by Crippen LogP contribution is 2.45. The maximum Gasteiger partial charge on any atom is 0.300 e. The van der Waals surface area contributed by atoms with Crippen LogP contribution in [0.2, 0.25) is 0 Å². The number of ether oxygens (including phenoxy) is 1. The second kappa shape index (κ2) is 9.24. The Labute approximate surface area is 197 Å². The molecule has 1 N–H and O–H groups in total. The Morgan fingerprint density at radius 2 is 1.79 bits per heavy atom. The van der Waals surface area contributed by atoms with Crippen LogP contribution >= 0.6 is 11.3 Å². The molecule has 2 aromatic carbocycles. The van der Waals surface area contributed by atoms with Gasteiger partial charge in [0.25, 0.3) is 11.7 Å². The number of Topliss-reactive ketones (excluding diaryl/α,β-unsaturated/α-hetero) is 1. The minimum Gasteiger partial charge on any atom is -0.507 e. The Hall–Kier alpha value is -3.38. The third-order valence-electron chi connectivity index (χ3n) is 5.88. The molecule has 1 saturated heterocycles. The van der Waals surface area contributed by atoms with E-state index in [9.17, 15) is 14.7 Å². The Morgan fingerprint density at radius 3 is 2.42 bits per heavy atom. The lowest BCUT2D eigenvalue weighted by Gasteiger charge is -2.26. The fraction of sp³-hybridized carbons (Fsp3) is 0.259. The number of carbonyl (C=O) groups is 2. The molecule has 2 heterocycles. The topological polar surface area (TPSA) is 66.8 Å². The summed E-state index contributed by atoms with van der Waals surface area (Å²) < 4.78 is 5.74. The van der Waals surface area contributed by atoms with Crippen molar-refractivity contribution >= 4 is 34.5 Å². The number of aryl methyl sites for hydroxylation is 3. The molecule has 1 unspecified atom stereocenters. The molecule has 0 saturated carbocycles. The van der Waals surface area contributed by atoms with Crippen LogP contribution in [0.3, 0.4) is 0 Å². The summed E-state index contributed by atoms with van der Waals surface area (Å²) >= 11 is 1.47. The van der Waals surface area contributed by atoms with Crippen LogP contribution < -0.4 is 9.64 Å². The standard InChI is InChI=1S/C27H27NO4S/c1-5-13-32-21-11-10-19(15-18(21)4)24(29)22-23(26-17(3)12-14-33-26)28(27(31)25(22)30)20-9-7-6-8-16(20)2/h6-12,14-15,23,29H,5,13H2,1-4H3/b24-22-. The smallest absolute Gasteiger partial charge is 0.300 e. The number of para-hydroxylation sites is 1. The molecular formula is C27H27NO4S. The van der Waals surface area contributed by atoms with Crippen molar-refractivity contribution in [2.75, 3.05) is 11.5 Å². The first-order chi connectivity index (χ1) is 15.8. The summed E-state index contributed by atoms with van der Waals surface area (Å²) in [5.74, 6) is -0.757. The zero-order chi connectivity index (χ0) is 23.7. The van der Waals surface area contributed by atoms with Gasteiger partial charge >= 0.3 is 0 Å². The molecule has 1 amide bonds. The van der Waals surface area contributed by atoms with Gasteiger partial charge in [0.1, 0.15) is 17.6 Å². The van der Waals surface area contributed by atoms with Gasteiger partial charge in [0.15, 0.2) is 0 Å². The van der Waals surface area contributed by atoms with Crippen molar-refractivity contribution in [3.63, 3.8) is 0 Å². The Kier molecular flexibility index (Phi) is 6.38. The highest BCUT2D eigenvalue weighted by Gasteiger charge is 2.48. The van der Waals surface area contributed by atoms with Crippen molar-refractivity contribution in [2.24, 2.45) is 0 Å². The van der Waals surface area contributed by atoms with E-state index in [4.69, 9.17) is 4.74 Å². The Morgan fingerprint density at radius 1 is 1.03 bits per heavy atom. The van der Waals surface area contributed by atoms with Gasteiger partial charge in [0, 0.05) is 16.1 Å². The van der Waals surface area contributed by atoms with Crippen LogP contribution in [0.25, 0.3) is 5.76 Å². The molecule has 3 aromatic rings. The second-order valence-corrected chi connectivity index (χ2v) is 9.20. The highest BCUT2D eigenvalue weighted by atomic mass is 32.1. The van der Waals surface area contributed by atoms with E-state index in [1.54, 1.807) is 18.2 Å². The van der Waals surface area contributed by atoms with Crippen molar-refractivity contribution in [3.8, 4) is 5.75 Å². The quantitative estimate of drug-likeness (QED) is 0.274. The number of amides is 1. The van der Waals surface area contributed by atoms with Gasteiger partial charge in [-0.1, -0.05) is 25.1 Å². The largest absolute Gasteiger partial charge is 0.507 e. The predicted octanol–water partition coefficient (Wildman–Crippen LogP) is 6.09. The molecule has 1 aliphatic heterocycles. The second-order valence-electron chi connectivity index (χ2n) is 8.25. The van der Waals surface area contributed by atoms with Crippen LogP contribution in [-0.2, 0) is 9.59 Å². The number of rotatable bonds is 6. The van der Waals surface area contributed by atoms with Gasteiger partial charge in [0.05, 0.1) is 12.2 Å². The number of aliphatic hydroxyl groups excluding tert-OH is 1. The van der Waals surface area contributed by atoms with E-state index in [1.165, 1.54) is 16.2 Å². The van der Waals surface area contributed by atoms with E-state index in [0.717, 1.165) is 33.7 Å². The molecule has 1 aliphatic rings. The first kappa shape index (κ1) is 22.8. The van der Waals surface area contributed by atoms with Crippen molar-refractivity contribution in [1.29, 1.82) is 0 Å². The molecule has 0 bridgehead atoms.